The molecular weight excluding hydrogens is 332 g/mol. The van der Waals surface area contributed by atoms with Gasteiger partial charge in [0, 0.05) is 12.3 Å². The SMILES string of the molecule is N#Cc1ccc(N=C[C@H]2C(=O)NC(=O)N([C@@H]3C[C@H]4CC[C@H]3C4)C2=O)cc1. The lowest BCUT2D eigenvalue weighted by atomic mass is 9.92. The van der Waals surface area contributed by atoms with Crippen molar-refractivity contribution in [3.63, 3.8) is 0 Å². The molecule has 1 aliphatic heterocycles. The number of carbonyl (C=O) groups is 3. The highest BCUT2D eigenvalue weighted by Gasteiger charge is 2.50. The summed E-state index contributed by atoms with van der Waals surface area (Å²) in [5.74, 6) is -1.32. The van der Waals surface area contributed by atoms with Crippen LogP contribution in [0.3, 0.4) is 0 Å². The molecule has 1 N–H and O–H groups in total. The average molecular weight is 350 g/mol. The van der Waals surface area contributed by atoms with Crippen molar-refractivity contribution in [3.05, 3.63) is 29.8 Å². The molecule has 2 bridgehead atoms. The summed E-state index contributed by atoms with van der Waals surface area (Å²) >= 11 is 0. The molecule has 0 spiro atoms. The summed E-state index contributed by atoms with van der Waals surface area (Å²) in [7, 11) is 0. The summed E-state index contributed by atoms with van der Waals surface area (Å²) in [5, 5.41) is 11.1. The van der Waals surface area contributed by atoms with Crippen molar-refractivity contribution in [1.29, 1.82) is 5.26 Å². The minimum absolute atomic E-state index is 0.111. The molecule has 3 aliphatic rings. The Morgan fingerprint density at radius 1 is 1.15 bits per heavy atom. The van der Waals surface area contributed by atoms with Crippen molar-refractivity contribution in [2.75, 3.05) is 0 Å². The van der Waals surface area contributed by atoms with Gasteiger partial charge in [-0.05, 0) is 55.4 Å². The van der Waals surface area contributed by atoms with E-state index in [1.165, 1.54) is 11.1 Å². The Balaban J connectivity index is 1.54. The summed E-state index contributed by atoms with van der Waals surface area (Å²) in [5.41, 5.74) is 1.04. The van der Waals surface area contributed by atoms with Crippen LogP contribution in [-0.2, 0) is 9.59 Å². The number of hydrogen-bond donors (Lipinski definition) is 1. The Morgan fingerprint density at radius 3 is 2.54 bits per heavy atom. The number of amides is 4. The van der Waals surface area contributed by atoms with Gasteiger partial charge in [-0.25, -0.2) is 4.79 Å². The molecule has 132 valence electrons. The zero-order valence-corrected chi connectivity index (χ0v) is 14.1. The molecule has 1 heterocycles. The van der Waals surface area contributed by atoms with Gasteiger partial charge in [-0.3, -0.25) is 24.8 Å². The third-order valence-corrected chi connectivity index (χ3v) is 5.64. The molecule has 4 amide bonds. The standard InChI is InChI=1S/C19H18N4O3/c20-9-11-2-5-14(6-3-11)21-10-15-17(24)22-19(26)23(18(15)25)16-8-12-1-4-13(16)7-12/h2-3,5-6,10,12-13,15-16H,1,4,7-8H2,(H,22,24,26)/t12-,13-,15-,16+/m0/s1. The molecule has 1 aromatic rings. The number of nitriles is 1. The largest absolute Gasteiger partial charge is 0.331 e. The molecule has 0 radical (unpaired) electrons. The van der Waals surface area contributed by atoms with Gasteiger partial charge in [0.2, 0.25) is 11.8 Å². The Bertz CT molecular complexity index is 839. The van der Waals surface area contributed by atoms with Crippen LogP contribution in [0.1, 0.15) is 31.2 Å². The molecule has 1 saturated heterocycles. The van der Waals surface area contributed by atoms with Crippen molar-refractivity contribution in [2.45, 2.75) is 31.7 Å². The number of hydrogen-bond acceptors (Lipinski definition) is 5. The fourth-order valence-electron chi connectivity index (χ4n) is 4.36. The zero-order valence-electron chi connectivity index (χ0n) is 14.1. The van der Waals surface area contributed by atoms with Crippen LogP contribution in [0.5, 0.6) is 0 Å². The Morgan fingerprint density at radius 2 is 1.92 bits per heavy atom. The van der Waals surface area contributed by atoms with E-state index in [0.717, 1.165) is 25.7 Å². The smallest absolute Gasteiger partial charge is 0.277 e. The topological polar surface area (TPSA) is 103 Å². The summed E-state index contributed by atoms with van der Waals surface area (Å²) in [6, 6.07) is 7.79. The molecule has 2 saturated carbocycles. The minimum atomic E-state index is -1.11. The van der Waals surface area contributed by atoms with E-state index in [4.69, 9.17) is 5.26 Å². The zero-order chi connectivity index (χ0) is 18.3. The highest BCUT2D eigenvalue weighted by Crippen LogP contribution is 2.47. The lowest BCUT2D eigenvalue weighted by molar-refractivity contribution is -0.141. The van der Waals surface area contributed by atoms with Crippen LogP contribution in [0.25, 0.3) is 0 Å². The average Bonchev–Trinajstić information content (AvgIpc) is 3.25. The van der Waals surface area contributed by atoms with Crippen LogP contribution < -0.4 is 5.32 Å². The number of benzene rings is 1. The number of urea groups is 1. The minimum Gasteiger partial charge on any atom is -0.277 e. The first-order chi connectivity index (χ1) is 12.6. The van der Waals surface area contributed by atoms with Gasteiger partial charge in [0.15, 0.2) is 5.92 Å². The maximum Gasteiger partial charge on any atom is 0.331 e. The molecule has 3 fully saturated rings. The van der Waals surface area contributed by atoms with E-state index in [1.54, 1.807) is 24.3 Å². The molecular formula is C19H18N4O3. The summed E-state index contributed by atoms with van der Waals surface area (Å²) in [6.45, 7) is 0. The molecule has 4 atom stereocenters. The van der Waals surface area contributed by atoms with Gasteiger partial charge in [-0.15, -0.1) is 0 Å². The Labute approximate surface area is 150 Å². The second-order valence-corrected chi connectivity index (χ2v) is 7.16. The first-order valence-electron chi connectivity index (χ1n) is 8.79. The number of aliphatic imine (C=N–C) groups is 1. The van der Waals surface area contributed by atoms with Crippen LogP contribution >= 0.6 is 0 Å². The fourth-order valence-corrected chi connectivity index (χ4v) is 4.36. The van der Waals surface area contributed by atoms with E-state index < -0.39 is 23.8 Å². The summed E-state index contributed by atoms with van der Waals surface area (Å²) in [4.78, 5) is 42.7. The van der Waals surface area contributed by atoms with Crippen LogP contribution in [0.2, 0.25) is 0 Å². The van der Waals surface area contributed by atoms with Gasteiger partial charge in [-0.2, -0.15) is 5.26 Å². The monoisotopic (exact) mass is 350 g/mol. The van der Waals surface area contributed by atoms with Crippen molar-refractivity contribution in [2.24, 2.45) is 22.7 Å². The van der Waals surface area contributed by atoms with E-state index in [9.17, 15) is 14.4 Å². The predicted octanol–water partition coefficient (Wildman–Crippen LogP) is 2.14. The van der Waals surface area contributed by atoms with Gasteiger partial charge < -0.3 is 0 Å². The van der Waals surface area contributed by atoms with Crippen molar-refractivity contribution in [3.8, 4) is 6.07 Å². The number of imide groups is 2. The predicted molar refractivity (Wildman–Crippen MR) is 92.4 cm³/mol. The third-order valence-electron chi connectivity index (χ3n) is 5.64. The first-order valence-corrected chi connectivity index (χ1v) is 8.79. The number of barbiturate groups is 1. The van der Waals surface area contributed by atoms with Crippen molar-refractivity contribution in [1.82, 2.24) is 10.2 Å². The Hall–Kier alpha value is -3.01. The number of nitrogens with zero attached hydrogens (tertiary/aromatic N) is 3. The van der Waals surface area contributed by atoms with Crippen molar-refractivity contribution < 1.29 is 14.4 Å². The van der Waals surface area contributed by atoms with E-state index in [0.29, 0.717) is 23.1 Å². The second-order valence-electron chi connectivity index (χ2n) is 7.16. The fraction of sp³-hybridized carbons (Fsp3) is 0.421. The van der Waals surface area contributed by atoms with Crippen LogP contribution in [0.15, 0.2) is 29.3 Å². The van der Waals surface area contributed by atoms with Crippen LogP contribution in [0, 0.1) is 29.1 Å². The lowest BCUT2D eigenvalue weighted by Gasteiger charge is -2.36. The first kappa shape index (κ1) is 16.5. The maximum atomic E-state index is 12.8. The van der Waals surface area contributed by atoms with E-state index in [-0.39, 0.29) is 6.04 Å². The second kappa shape index (κ2) is 6.37. The van der Waals surface area contributed by atoms with Crippen LogP contribution in [-0.4, -0.2) is 35.0 Å². The van der Waals surface area contributed by atoms with E-state index in [2.05, 4.69) is 10.3 Å². The quantitative estimate of drug-likeness (QED) is 0.666. The number of rotatable bonds is 3. The molecule has 0 unspecified atom stereocenters. The highest BCUT2D eigenvalue weighted by molar-refractivity contribution is 6.23. The molecule has 0 aromatic heterocycles. The summed E-state index contributed by atoms with van der Waals surface area (Å²) < 4.78 is 0. The highest BCUT2D eigenvalue weighted by atomic mass is 16.2. The number of carbonyl (C=O) groups excluding carboxylic acids is 3. The van der Waals surface area contributed by atoms with E-state index >= 15 is 0 Å². The van der Waals surface area contributed by atoms with Gasteiger partial charge in [0.05, 0.1) is 17.3 Å². The summed E-state index contributed by atoms with van der Waals surface area (Å²) in [6.07, 6.45) is 5.36. The number of nitrogens with one attached hydrogen (secondary N) is 1. The van der Waals surface area contributed by atoms with Gasteiger partial charge in [-0.1, -0.05) is 6.42 Å². The maximum absolute atomic E-state index is 12.8. The molecule has 2 aliphatic carbocycles. The third kappa shape index (κ3) is 2.77. The van der Waals surface area contributed by atoms with Crippen molar-refractivity contribution >= 4 is 29.7 Å². The van der Waals surface area contributed by atoms with Crippen LogP contribution in [0.4, 0.5) is 10.5 Å². The molecule has 4 rings (SSSR count). The molecule has 7 heteroatoms. The lowest BCUT2D eigenvalue weighted by Crippen LogP contribution is -2.62. The van der Waals surface area contributed by atoms with Gasteiger partial charge in [0.1, 0.15) is 0 Å². The molecule has 26 heavy (non-hydrogen) atoms. The molecule has 7 nitrogen and oxygen atoms in total. The van der Waals surface area contributed by atoms with Gasteiger partial charge >= 0.3 is 6.03 Å². The Kier molecular flexibility index (Phi) is 4.03. The molecule has 1 aromatic carbocycles. The van der Waals surface area contributed by atoms with E-state index in [1.807, 2.05) is 6.07 Å². The van der Waals surface area contributed by atoms with Gasteiger partial charge in [0.25, 0.3) is 0 Å². The number of fused-ring (bicyclic) bond motifs is 2. The normalized spacial score (nSPS) is 30.7.